The number of pyridine rings is 1. The normalized spacial score (nSPS) is 12.7. The van der Waals surface area contributed by atoms with Gasteiger partial charge in [0, 0.05) is 18.2 Å². The van der Waals surface area contributed by atoms with Gasteiger partial charge in [-0.25, -0.2) is 13.8 Å². The monoisotopic (exact) mass is 304 g/mol. The van der Waals surface area contributed by atoms with Crippen LogP contribution in [0.2, 0.25) is 0 Å². The molecule has 0 saturated carbocycles. The quantitative estimate of drug-likeness (QED) is 0.881. The third-order valence-corrected chi connectivity index (χ3v) is 3.97. The molecule has 0 fully saturated rings. The third kappa shape index (κ3) is 3.89. The molecule has 2 nitrogen and oxygen atoms in total. The van der Waals surface area contributed by atoms with Crippen molar-refractivity contribution in [2.75, 3.05) is 0 Å². The van der Waals surface area contributed by atoms with Crippen LogP contribution in [-0.4, -0.2) is 11.0 Å². The average molecular weight is 304 g/mol. The fraction of sp³-hybridized carbons (Fsp3) is 0.389. The molecule has 4 heteroatoms. The van der Waals surface area contributed by atoms with Gasteiger partial charge in [-0.3, -0.25) is 0 Å². The highest BCUT2D eigenvalue weighted by Gasteiger charge is 2.12. The molecule has 1 atom stereocenters. The summed E-state index contributed by atoms with van der Waals surface area (Å²) in [7, 11) is 0. The van der Waals surface area contributed by atoms with E-state index in [0.29, 0.717) is 23.9 Å². The Hall–Kier alpha value is -1.81. The molecular weight excluding hydrogens is 282 g/mol. The van der Waals surface area contributed by atoms with Crippen LogP contribution in [0.5, 0.6) is 0 Å². The second-order valence-corrected chi connectivity index (χ2v) is 6.00. The molecule has 1 heterocycles. The molecule has 0 spiro atoms. The first-order valence-corrected chi connectivity index (χ1v) is 7.54. The summed E-state index contributed by atoms with van der Waals surface area (Å²) in [6.07, 6.45) is 0. The summed E-state index contributed by atoms with van der Waals surface area (Å²) in [6, 6.07) is 7.86. The Morgan fingerprint density at radius 1 is 1.09 bits per heavy atom. The summed E-state index contributed by atoms with van der Waals surface area (Å²) >= 11 is 0. The van der Waals surface area contributed by atoms with Gasteiger partial charge < -0.3 is 5.32 Å². The van der Waals surface area contributed by atoms with Crippen LogP contribution in [0.1, 0.15) is 32.0 Å². The van der Waals surface area contributed by atoms with Crippen molar-refractivity contribution in [1.82, 2.24) is 10.3 Å². The van der Waals surface area contributed by atoms with Gasteiger partial charge in [-0.2, -0.15) is 0 Å². The summed E-state index contributed by atoms with van der Waals surface area (Å²) < 4.78 is 27.1. The Labute approximate surface area is 130 Å². The Bertz CT molecular complexity index is 654. The van der Waals surface area contributed by atoms with Crippen molar-refractivity contribution in [2.45, 2.75) is 40.3 Å². The largest absolute Gasteiger partial charge is 0.308 e. The van der Waals surface area contributed by atoms with Crippen LogP contribution in [0.3, 0.4) is 0 Å². The third-order valence-electron chi connectivity index (χ3n) is 3.97. The fourth-order valence-corrected chi connectivity index (χ4v) is 2.17. The molecule has 1 aromatic heterocycles. The van der Waals surface area contributed by atoms with Gasteiger partial charge >= 0.3 is 0 Å². The zero-order valence-electron chi connectivity index (χ0n) is 13.5. The molecule has 0 unspecified atom stereocenters. The maximum atomic E-state index is 13.9. The predicted octanol–water partition coefficient (Wildman–Crippen LogP) is 4.47. The van der Waals surface area contributed by atoms with Gasteiger partial charge in [-0.1, -0.05) is 13.8 Å². The van der Waals surface area contributed by atoms with E-state index >= 15 is 0 Å². The second-order valence-electron chi connectivity index (χ2n) is 6.00. The zero-order valence-corrected chi connectivity index (χ0v) is 13.5. The molecule has 0 bridgehead atoms. The van der Waals surface area contributed by atoms with E-state index in [1.165, 1.54) is 18.2 Å². The highest BCUT2D eigenvalue weighted by Crippen LogP contribution is 2.23. The van der Waals surface area contributed by atoms with Crippen molar-refractivity contribution in [3.05, 3.63) is 53.2 Å². The molecule has 0 radical (unpaired) electrons. The molecule has 0 amide bonds. The summed E-state index contributed by atoms with van der Waals surface area (Å²) in [4.78, 5) is 4.40. The average Bonchev–Trinajstić information content (AvgIpc) is 2.46. The Morgan fingerprint density at radius 2 is 1.82 bits per heavy atom. The van der Waals surface area contributed by atoms with Crippen molar-refractivity contribution in [3.63, 3.8) is 0 Å². The number of aromatic nitrogens is 1. The minimum atomic E-state index is -0.327. The molecule has 22 heavy (non-hydrogen) atoms. The molecule has 0 aliphatic rings. The van der Waals surface area contributed by atoms with Crippen LogP contribution in [0.25, 0.3) is 11.3 Å². The summed E-state index contributed by atoms with van der Waals surface area (Å²) in [5.74, 6) is -0.145. The van der Waals surface area contributed by atoms with E-state index in [-0.39, 0.29) is 17.7 Å². The molecular formula is C18H22F2N2. The Morgan fingerprint density at radius 3 is 2.45 bits per heavy atom. The van der Waals surface area contributed by atoms with Gasteiger partial charge in [0.2, 0.25) is 0 Å². The lowest BCUT2D eigenvalue weighted by atomic mass is 10.0. The number of nitrogens with one attached hydrogen (secondary N) is 1. The highest BCUT2D eigenvalue weighted by atomic mass is 19.1. The number of rotatable bonds is 5. The first-order valence-electron chi connectivity index (χ1n) is 7.54. The molecule has 1 N–H and O–H groups in total. The molecule has 1 aromatic carbocycles. The van der Waals surface area contributed by atoms with Crippen LogP contribution in [0, 0.1) is 24.5 Å². The van der Waals surface area contributed by atoms with Crippen molar-refractivity contribution < 1.29 is 8.78 Å². The minimum absolute atomic E-state index is 0.275. The van der Waals surface area contributed by atoms with Gasteiger partial charge in [-0.15, -0.1) is 0 Å². The summed E-state index contributed by atoms with van der Waals surface area (Å²) in [5, 5.41) is 3.28. The SMILES string of the molecule is Cc1cc(F)ccc1-c1ccc(F)c(CN[C@H](C)C(C)C)n1. The van der Waals surface area contributed by atoms with E-state index < -0.39 is 0 Å². The van der Waals surface area contributed by atoms with E-state index in [2.05, 4.69) is 31.1 Å². The van der Waals surface area contributed by atoms with Crippen LogP contribution >= 0.6 is 0 Å². The molecule has 118 valence electrons. The smallest absolute Gasteiger partial charge is 0.146 e. The number of benzene rings is 1. The van der Waals surface area contributed by atoms with Crippen molar-refractivity contribution in [3.8, 4) is 11.3 Å². The Balaban J connectivity index is 2.26. The number of halogens is 2. The fourth-order valence-electron chi connectivity index (χ4n) is 2.17. The molecule has 2 aromatic rings. The van der Waals surface area contributed by atoms with E-state index in [0.717, 1.165) is 11.1 Å². The first kappa shape index (κ1) is 16.6. The van der Waals surface area contributed by atoms with Crippen LogP contribution in [0.15, 0.2) is 30.3 Å². The molecule has 2 rings (SSSR count). The second kappa shape index (κ2) is 6.97. The number of hydrogen-bond donors (Lipinski definition) is 1. The topological polar surface area (TPSA) is 24.9 Å². The van der Waals surface area contributed by atoms with Crippen LogP contribution in [-0.2, 0) is 6.54 Å². The molecule has 0 saturated heterocycles. The van der Waals surface area contributed by atoms with E-state index in [1.807, 2.05) is 6.92 Å². The number of aryl methyl sites for hydroxylation is 1. The van der Waals surface area contributed by atoms with Crippen LogP contribution < -0.4 is 5.32 Å². The van der Waals surface area contributed by atoms with E-state index in [1.54, 1.807) is 12.1 Å². The summed E-state index contributed by atoms with van der Waals surface area (Å²) in [6.45, 7) is 8.48. The maximum Gasteiger partial charge on any atom is 0.146 e. The number of hydrogen-bond acceptors (Lipinski definition) is 2. The first-order chi connectivity index (χ1) is 10.4. The van der Waals surface area contributed by atoms with Gasteiger partial charge in [0.15, 0.2) is 0 Å². The number of nitrogens with zero attached hydrogens (tertiary/aromatic N) is 1. The van der Waals surface area contributed by atoms with Gasteiger partial charge in [0.25, 0.3) is 0 Å². The van der Waals surface area contributed by atoms with Gasteiger partial charge in [0.05, 0.1) is 11.4 Å². The lowest BCUT2D eigenvalue weighted by molar-refractivity contribution is 0.418. The van der Waals surface area contributed by atoms with Crippen molar-refractivity contribution >= 4 is 0 Å². The maximum absolute atomic E-state index is 13.9. The van der Waals surface area contributed by atoms with Gasteiger partial charge in [-0.05, 0) is 55.7 Å². The van der Waals surface area contributed by atoms with E-state index in [4.69, 9.17) is 0 Å². The highest BCUT2D eigenvalue weighted by molar-refractivity contribution is 5.63. The predicted molar refractivity (Wildman–Crippen MR) is 85.5 cm³/mol. The van der Waals surface area contributed by atoms with Gasteiger partial charge in [0.1, 0.15) is 11.6 Å². The van der Waals surface area contributed by atoms with Crippen molar-refractivity contribution in [1.29, 1.82) is 0 Å². The molecule has 0 aliphatic heterocycles. The van der Waals surface area contributed by atoms with Crippen LogP contribution in [0.4, 0.5) is 8.78 Å². The van der Waals surface area contributed by atoms with E-state index in [9.17, 15) is 8.78 Å². The van der Waals surface area contributed by atoms with Crippen molar-refractivity contribution in [2.24, 2.45) is 5.92 Å². The standard InChI is InChI=1S/C18H22F2N2/c1-11(2)13(4)21-10-18-16(20)7-8-17(22-18)15-6-5-14(19)9-12(15)3/h5-9,11,13,21H,10H2,1-4H3/t13-/m1/s1. The minimum Gasteiger partial charge on any atom is -0.308 e. The lowest BCUT2D eigenvalue weighted by Crippen LogP contribution is -2.30. The lowest BCUT2D eigenvalue weighted by Gasteiger charge is -2.17. The zero-order chi connectivity index (χ0) is 16.3. The molecule has 0 aliphatic carbocycles. The summed E-state index contributed by atoms with van der Waals surface area (Å²) in [5.41, 5.74) is 2.65. The Kier molecular flexibility index (Phi) is 5.24.